The Hall–Kier alpha value is -2.46. The van der Waals surface area contributed by atoms with Gasteiger partial charge in [0.05, 0.1) is 50.4 Å². The molecule has 2 nitrogen and oxygen atoms in total. The highest BCUT2D eigenvalue weighted by molar-refractivity contribution is 6.90. The molecule has 0 aliphatic heterocycles. The van der Waals surface area contributed by atoms with Gasteiger partial charge < -0.3 is 0 Å². The highest BCUT2D eigenvalue weighted by Crippen LogP contribution is 2.64. The Bertz CT molecular complexity index is 1350. The fraction of sp³-hybridized carbons (Fsp3) is 0.250. The summed E-state index contributed by atoms with van der Waals surface area (Å²) in [6.07, 6.45) is 18.7. The second-order valence-corrected chi connectivity index (χ2v) is 18.9. The lowest BCUT2D eigenvalue weighted by molar-refractivity contribution is 0.486. The molecule has 2 aromatic rings. The van der Waals surface area contributed by atoms with Crippen LogP contribution in [-0.4, -0.2) is 50.4 Å². The maximum absolute atomic E-state index is 2.56. The minimum absolute atomic E-state index is 0.820. The monoisotopic (exact) mass is 582 g/mol. The molecule has 0 N–H and O–H groups in total. The van der Waals surface area contributed by atoms with Crippen molar-refractivity contribution in [3.8, 4) is 0 Å². The van der Waals surface area contributed by atoms with E-state index in [0.717, 1.165) is 8.97 Å². The zero-order valence-corrected chi connectivity index (χ0v) is 28.6. The fourth-order valence-electron chi connectivity index (χ4n) is 7.34. The van der Waals surface area contributed by atoms with Gasteiger partial charge in [0.1, 0.15) is 11.4 Å². The van der Waals surface area contributed by atoms with Crippen LogP contribution in [0.5, 0.6) is 0 Å². The maximum atomic E-state index is 2.56. The molecule has 10 radical (unpaired) electrons. The van der Waals surface area contributed by atoms with Gasteiger partial charge in [0, 0.05) is 23.7 Å². The number of fused-ring (bicyclic) bond motifs is 2. The molecule has 4 aliphatic carbocycles. The van der Waals surface area contributed by atoms with Crippen molar-refractivity contribution in [1.82, 2.24) is 8.97 Å². The van der Waals surface area contributed by atoms with Gasteiger partial charge in [-0.25, -0.2) is 0 Å². The van der Waals surface area contributed by atoms with Crippen molar-refractivity contribution in [1.29, 1.82) is 0 Å². The zero-order chi connectivity index (χ0) is 30.9. The third kappa shape index (κ3) is 5.40. The molecule has 2 saturated carbocycles. The van der Waals surface area contributed by atoms with Gasteiger partial charge in [-0.2, -0.15) is 0 Å². The molecule has 0 spiro atoms. The van der Waals surface area contributed by atoms with Gasteiger partial charge in [0.2, 0.25) is 0 Å². The first kappa shape index (κ1) is 30.6. The Kier molecular flexibility index (Phi) is 7.72. The van der Waals surface area contributed by atoms with Crippen LogP contribution in [0.15, 0.2) is 85.0 Å². The van der Waals surface area contributed by atoms with Gasteiger partial charge in [0.25, 0.3) is 0 Å². The van der Waals surface area contributed by atoms with Crippen molar-refractivity contribution in [2.45, 2.75) is 26.9 Å². The van der Waals surface area contributed by atoms with E-state index in [1.54, 1.807) is 11.1 Å². The fourth-order valence-corrected chi connectivity index (χ4v) is 11.5. The van der Waals surface area contributed by atoms with E-state index in [9.17, 15) is 0 Å². The molecule has 6 rings (SSSR count). The number of benzene rings is 2. The third-order valence-electron chi connectivity index (χ3n) is 9.42. The molecule has 0 unspecified atom stereocenters. The van der Waals surface area contributed by atoms with E-state index < -0.39 is 8.07 Å². The molecule has 218 valence electrons. The van der Waals surface area contributed by atoms with Gasteiger partial charge in [-0.15, -0.1) is 0 Å². The Morgan fingerprint density at radius 3 is 1.16 bits per heavy atom. The molecule has 3 heteroatoms. The second-order valence-electron chi connectivity index (χ2n) is 14.7. The predicted molar refractivity (Wildman–Crippen MR) is 190 cm³/mol. The Labute approximate surface area is 263 Å². The SMILES string of the molecule is C[C]1[CH][C]2[C](C=CC=C2c2ccc([N+](C)(C)C)cc2)[C]1[Si](C)(C)[C]1[C](C)[CH][C]2[C]1C=CC=C2c1ccc([N+](C)(C)C)cc1. The van der Waals surface area contributed by atoms with Crippen LogP contribution in [0, 0.1) is 59.4 Å². The molecular formula is C40H46N2Si+2. The summed E-state index contributed by atoms with van der Waals surface area (Å²) in [6.45, 7) is 9.77. The molecule has 0 amide bonds. The summed E-state index contributed by atoms with van der Waals surface area (Å²) in [5, 5.41) is 0. The third-order valence-corrected chi connectivity index (χ3v) is 13.2. The van der Waals surface area contributed by atoms with Crippen LogP contribution in [-0.2, 0) is 0 Å². The zero-order valence-electron chi connectivity index (χ0n) is 27.6. The number of nitrogens with zero attached hydrogens (tertiary/aromatic N) is 2. The van der Waals surface area contributed by atoms with Crippen LogP contribution in [0.25, 0.3) is 11.1 Å². The maximum Gasteiger partial charge on any atom is 0.132 e. The van der Waals surface area contributed by atoms with Gasteiger partial charge in [-0.05, 0) is 107 Å². The summed E-state index contributed by atoms with van der Waals surface area (Å²) >= 11 is 0. The molecule has 0 heterocycles. The van der Waals surface area contributed by atoms with Crippen LogP contribution in [0.3, 0.4) is 0 Å². The summed E-state index contributed by atoms with van der Waals surface area (Å²) in [5.41, 5.74) is 11.0. The average molecular weight is 583 g/mol. The minimum Gasteiger partial charge on any atom is -0.298 e. The minimum atomic E-state index is -2.09. The van der Waals surface area contributed by atoms with E-state index in [1.807, 2.05) is 0 Å². The van der Waals surface area contributed by atoms with Gasteiger partial charge in [-0.1, -0.05) is 63.4 Å². The normalized spacial score (nSPS) is 22.3. The van der Waals surface area contributed by atoms with Crippen LogP contribution in [0.2, 0.25) is 13.1 Å². The largest absolute Gasteiger partial charge is 0.298 e. The summed E-state index contributed by atoms with van der Waals surface area (Å²) in [6, 6.07) is 18.3. The standard InChI is InChI=1S/C40H46N2Si/c1-27-25-37-33(29-17-21-31(22-18-29)41(3,4)5)13-11-15-35(37)39(27)43(9,10)40-28(2)26-38-34(14-12-16-36(38)40)30-19-23-32(24-20-30)42(6,7)8/h11-26H,1-10H3/q+2. The van der Waals surface area contributed by atoms with Gasteiger partial charge >= 0.3 is 0 Å². The van der Waals surface area contributed by atoms with Crippen molar-refractivity contribution in [3.05, 3.63) is 156 Å². The number of quaternary nitrogens is 2. The van der Waals surface area contributed by atoms with Crippen LogP contribution in [0.1, 0.15) is 25.0 Å². The Morgan fingerprint density at radius 2 is 0.837 bits per heavy atom. The van der Waals surface area contributed by atoms with E-state index in [-0.39, 0.29) is 0 Å². The lowest BCUT2D eigenvalue weighted by atomic mass is 9.81. The second kappa shape index (κ2) is 10.9. The Morgan fingerprint density at radius 1 is 0.488 bits per heavy atom. The number of hydrogen-bond donors (Lipinski definition) is 0. The van der Waals surface area contributed by atoms with Crippen LogP contribution >= 0.6 is 0 Å². The first-order valence-corrected chi connectivity index (χ1v) is 18.4. The van der Waals surface area contributed by atoms with Crippen molar-refractivity contribution >= 4 is 30.6 Å². The number of rotatable bonds is 6. The molecule has 4 aliphatic rings. The molecule has 0 atom stereocenters. The van der Waals surface area contributed by atoms with Crippen LogP contribution in [0.4, 0.5) is 11.4 Å². The predicted octanol–water partition coefficient (Wildman–Crippen LogP) is 8.54. The van der Waals surface area contributed by atoms with E-state index in [0.29, 0.717) is 0 Å². The van der Waals surface area contributed by atoms with Gasteiger partial charge in [-0.3, -0.25) is 8.97 Å². The summed E-state index contributed by atoms with van der Waals surface area (Å²) in [7, 11) is 11.2. The molecule has 0 saturated heterocycles. The molecule has 43 heavy (non-hydrogen) atoms. The molecular weight excluding hydrogens is 537 g/mol. The Balaban J connectivity index is 1.26. The van der Waals surface area contributed by atoms with Crippen molar-refractivity contribution in [2.75, 3.05) is 42.3 Å². The first-order chi connectivity index (χ1) is 20.2. The smallest absolute Gasteiger partial charge is 0.132 e. The highest BCUT2D eigenvalue weighted by Gasteiger charge is 2.59. The topological polar surface area (TPSA) is 0 Å². The lowest BCUT2D eigenvalue weighted by Gasteiger charge is -2.44. The van der Waals surface area contributed by atoms with E-state index >= 15 is 0 Å². The highest BCUT2D eigenvalue weighted by atomic mass is 28.3. The number of allylic oxidation sites excluding steroid dienone is 8. The average Bonchev–Trinajstić information content (AvgIpc) is 3.48. The van der Waals surface area contributed by atoms with Crippen molar-refractivity contribution < 1.29 is 0 Å². The molecule has 2 fully saturated rings. The molecule has 0 bridgehead atoms. The van der Waals surface area contributed by atoms with Crippen molar-refractivity contribution in [3.63, 3.8) is 0 Å². The van der Waals surface area contributed by atoms with E-state index in [2.05, 4.69) is 167 Å². The summed E-state index contributed by atoms with van der Waals surface area (Å²) in [5.74, 6) is 8.43. The summed E-state index contributed by atoms with van der Waals surface area (Å²) < 4.78 is 1.64. The molecule has 2 aromatic carbocycles. The lowest BCUT2D eigenvalue weighted by Crippen LogP contribution is -2.48. The van der Waals surface area contributed by atoms with Gasteiger partial charge in [0.15, 0.2) is 0 Å². The number of hydrogen-bond acceptors (Lipinski definition) is 0. The van der Waals surface area contributed by atoms with E-state index in [4.69, 9.17) is 0 Å². The summed E-state index contributed by atoms with van der Waals surface area (Å²) in [4.78, 5) is 0. The van der Waals surface area contributed by atoms with E-state index in [1.165, 1.54) is 69.2 Å². The molecule has 0 aromatic heterocycles. The first-order valence-electron chi connectivity index (χ1n) is 15.4. The van der Waals surface area contributed by atoms with Crippen molar-refractivity contribution in [2.24, 2.45) is 0 Å². The van der Waals surface area contributed by atoms with Crippen LogP contribution < -0.4 is 8.97 Å². The quantitative estimate of drug-likeness (QED) is 0.236.